The van der Waals surface area contributed by atoms with E-state index in [4.69, 9.17) is 5.26 Å². The molecule has 2 aromatic rings. The fraction of sp³-hybridized carbons (Fsp3) is 0.267. The van der Waals surface area contributed by atoms with Crippen LogP contribution in [-0.4, -0.2) is 62.7 Å². The van der Waals surface area contributed by atoms with Crippen molar-refractivity contribution in [3.63, 3.8) is 0 Å². The first kappa shape index (κ1) is 16.4. The maximum absolute atomic E-state index is 13.2. The largest absolute Gasteiger partial charge is 0.339 e. The van der Waals surface area contributed by atoms with Crippen LogP contribution in [-0.2, 0) is 0 Å². The van der Waals surface area contributed by atoms with Crippen molar-refractivity contribution in [3.05, 3.63) is 51.7 Å². The number of halogens is 1. The number of carbonyl (C=O) groups excluding carboxylic acids is 2. The number of nitrogens with one attached hydrogen (secondary N) is 2. The summed E-state index contributed by atoms with van der Waals surface area (Å²) in [5.41, 5.74) is -0.834. The molecule has 2 amide bonds. The van der Waals surface area contributed by atoms with Crippen LogP contribution in [0.3, 0.4) is 0 Å². The monoisotopic (exact) mass is 344 g/mol. The minimum Gasteiger partial charge on any atom is -0.339 e. The van der Waals surface area contributed by atoms with E-state index >= 15 is 0 Å². The highest BCUT2D eigenvalue weighted by Crippen LogP contribution is 2.11. The molecular formula is C15H13FN6O3. The van der Waals surface area contributed by atoms with Crippen LogP contribution in [0.4, 0.5) is 4.39 Å². The highest BCUT2D eigenvalue weighted by Gasteiger charge is 2.28. The Kier molecular flexibility index (Phi) is 4.30. The van der Waals surface area contributed by atoms with Gasteiger partial charge in [0.2, 0.25) is 0 Å². The first-order chi connectivity index (χ1) is 12.0. The number of H-pyrrole nitrogens is 2. The Morgan fingerprint density at radius 3 is 2.44 bits per heavy atom. The van der Waals surface area contributed by atoms with Crippen molar-refractivity contribution < 1.29 is 14.0 Å². The number of hydrogen-bond acceptors (Lipinski definition) is 5. The van der Waals surface area contributed by atoms with Crippen molar-refractivity contribution in [1.29, 1.82) is 5.26 Å². The van der Waals surface area contributed by atoms with Gasteiger partial charge in [-0.2, -0.15) is 5.26 Å². The predicted molar refractivity (Wildman–Crippen MR) is 82.1 cm³/mol. The topological polar surface area (TPSA) is 126 Å². The van der Waals surface area contributed by atoms with Gasteiger partial charge in [0, 0.05) is 32.4 Å². The molecule has 1 saturated heterocycles. The molecule has 0 radical (unpaired) electrons. The smallest absolute Gasteiger partial charge is 0.273 e. The van der Waals surface area contributed by atoms with Crippen molar-refractivity contribution >= 4 is 11.8 Å². The molecule has 128 valence electrons. The van der Waals surface area contributed by atoms with Gasteiger partial charge in [-0.15, -0.1) is 0 Å². The van der Waals surface area contributed by atoms with E-state index in [2.05, 4.69) is 15.0 Å². The summed E-state index contributed by atoms with van der Waals surface area (Å²) in [6, 6.07) is 2.72. The van der Waals surface area contributed by atoms with E-state index in [-0.39, 0.29) is 49.0 Å². The quantitative estimate of drug-likeness (QED) is 0.774. The van der Waals surface area contributed by atoms with Crippen molar-refractivity contribution in [3.8, 4) is 6.07 Å². The summed E-state index contributed by atoms with van der Waals surface area (Å²) in [5, 5.41) is 8.92. The number of aromatic nitrogens is 3. The van der Waals surface area contributed by atoms with Crippen LogP contribution in [0.15, 0.2) is 23.4 Å². The van der Waals surface area contributed by atoms with E-state index in [1.165, 1.54) is 16.1 Å². The van der Waals surface area contributed by atoms with Gasteiger partial charge < -0.3 is 19.8 Å². The Labute approximate surface area is 140 Å². The average Bonchev–Trinajstić information content (AvgIpc) is 3.11. The number of aromatic amines is 2. The summed E-state index contributed by atoms with van der Waals surface area (Å²) >= 11 is 0. The van der Waals surface area contributed by atoms with E-state index in [1.807, 2.05) is 6.07 Å². The average molecular weight is 344 g/mol. The number of piperazine rings is 1. The summed E-state index contributed by atoms with van der Waals surface area (Å²) in [7, 11) is 0. The van der Waals surface area contributed by atoms with Gasteiger partial charge in [0.25, 0.3) is 17.4 Å². The zero-order valence-corrected chi connectivity index (χ0v) is 13.0. The Balaban J connectivity index is 1.69. The van der Waals surface area contributed by atoms with E-state index in [1.54, 1.807) is 0 Å². The maximum Gasteiger partial charge on any atom is 0.273 e. The van der Waals surface area contributed by atoms with Gasteiger partial charge in [0.05, 0.1) is 6.33 Å². The summed E-state index contributed by atoms with van der Waals surface area (Å²) in [6.07, 6.45) is 2.15. The third-order valence-corrected chi connectivity index (χ3v) is 3.91. The molecule has 0 atom stereocenters. The fourth-order valence-electron chi connectivity index (χ4n) is 2.60. The van der Waals surface area contributed by atoms with Crippen LogP contribution in [0.25, 0.3) is 0 Å². The maximum atomic E-state index is 13.2. The molecule has 1 aliphatic heterocycles. The van der Waals surface area contributed by atoms with Crippen molar-refractivity contribution in [2.24, 2.45) is 0 Å². The summed E-state index contributed by atoms with van der Waals surface area (Å²) in [4.78, 5) is 47.8. The summed E-state index contributed by atoms with van der Waals surface area (Å²) in [6.45, 7) is 0.830. The molecule has 0 spiro atoms. The SMILES string of the molecule is N#Cc1nc[nH]c1C(=O)N1CCN(C(=O)c2cc(F)c[nH]c2=O)CC1. The Hall–Kier alpha value is -3.48. The second-order valence-electron chi connectivity index (χ2n) is 5.38. The third-order valence-electron chi connectivity index (χ3n) is 3.91. The minimum atomic E-state index is -0.708. The normalized spacial score (nSPS) is 14.2. The molecule has 1 aliphatic rings. The van der Waals surface area contributed by atoms with Crippen LogP contribution < -0.4 is 5.56 Å². The molecule has 3 rings (SSSR count). The van der Waals surface area contributed by atoms with Crippen molar-refractivity contribution in [2.45, 2.75) is 0 Å². The molecule has 1 fully saturated rings. The third kappa shape index (κ3) is 3.12. The molecule has 9 nitrogen and oxygen atoms in total. The lowest BCUT2D eigenvalue weighted by atomic mass is 10.2. The summed E-state index contributed by atoms with van der Waals surface area (Å²) < 4.78 is 13.2. The highest BCUT2D eigenvalue weighted by molar-refractivity contribution is 5.95. The molecule has 0 bridgehead atoms. The molecule has 2 N–H and O–H groups in total. The lowest BCUT2D eigenvalue weighted by Gasteiger charge is -2.34. The lowest BCUT2D eigenvalue weighted by Crippen LogP contribution is -2.51. The second kappa shape index (κ2) is 6.56. The van der Waals surface area contributed by atoms with Gasteiger partial charge in [-0.25, -0.2) is 9.37 Å². The van der Waals surface area contributed by atoms with Crippen LogP contribution in [0.5, 0.6) is 0 Å². The van der Waals surface area contributed by atoms with Gasteiger partial charge >= 0.3 is 0 Å². The molecule has 3 heterocycles. The van der Waals surface area contributed by atoms with Crippen LogP contribution in [0.1, 0.15) is 26.5 Å². The minimum absolute atomic E-state index is 0.00907. The van der Waals surface area contributed by atoms with E-state index in [0.29, 0.717) is 0 Å². The van der Waals surface area contributed by atoms with Crippen LogP contribution >= 0.6 is 0 Å². The predicted octanol–water partition coefficient (Wildman–Crippen LogP) is -0.293. The number of pyridine rings is 1. The lowest BCUT2D eigenvalue weighted by molar-refractivity contribution is 0.0531. The second-order valence-corrected chi connectivity index (χ2v) is 5.38. The zero-order valence-electron chi connectivity index (χ0n) is 13.0. The standard InChI is InChI=1S/C15H13FN6O3/c16-9-5-10(13(23)18-7-9)14(24)21-1-3-22(4-2-21)15(25)12-11(6-17)19-8-20-12/h5,7-8H,1-4H2,(H,18,23)(H,19,20). The summed E-state index contributed by atoms with van der Waals surface area (Å²) in [5.74, 6) is -1.68. The van der Waals surface area contributed by atoms with Crippen LogP contribution in [0, 0.1) is 17.1 Å². The van der Waals surface area contributed by atoms with Gasteiger partial charge in [-0.3, -0.25) is 14.4 Å². The first-order valence-corrected chi connectivity index (χ1v) is 7.41. The molecule has 10 heteroatoms. The van der Waals surface area contributed by atoms with E-state index in [9.17, 15) is 18.8 Å². The number of imidazole rings is 1. The van der Waals surface area contributed by atoms with Crippen LogP contribution in [0.2, 0.25) is 0 Å². The molecule has 0 aromatic carbocycles. The fourth-order valence-corrected chi connectivity index (χ4v) is 2.60. The van der Waals surface area contributed by atoms with Gasteiger partial charge in [-0.05, 0) is 6.07 Å². The zero-order chi connectivity index (χ0) is 18.0. The molecule has 25 heavy (non-hydrogen) atoms. The Morgan fingerprint density at radius 1 is 1.16 bits per heavy atom. The van der Waals surface area contributed by atoms with Crippen molar-refractivity contribution in [1.82, 2.24) is 24.8 Å². The molecular weight excluding hydrogens is 331 g/mol. The van der Waals surface area contributed by atoms with Crippen molar-refractivity contribution in [2.75, 3.05) is 26.2 Å². The number of rotatable bonds is 2. The Bertz CT molecular complexity index is 920. The van der Waals surface area contributed by atoms with E-state index in [0.717, 1.165) is 12.3 Å². The number of hydrogen-bond donors (Lipinski definition) is 2. The molecule has 0 saturated carbocycles. The molecule has 2 aromatic heterocycles. The van der Waals surface area contributed by atoms with E-state index < -0.39 is 17.3 Å². The number of nitrogens with zero attached hydrogens (tertiary/aromatic N) is 4. The first-order valence-electron chi connectivity index (χ1n) is 7.41. The van der Waals surface area contributed by atoms with Gasteiger partial charge in [0.15, 0.2) is 5.69 Å². The number of amides is 2. The Morgan fingerprint density at radius 2 is 1.80 bits per heavy atom. The molecule has 0 aliphatic carbocycles. The highest BCUT2D eigenvalue weighted by atomic mass is 19.1. The molecule has 0 unspecified atom stereocenters. The number of nitriles is 1. The van der Waals surface area contributed by atoms with Gasteiger partial charge in [0.1, 0.15) is 23.1 Å². The number of carbonyl (C=O) groups is 2. The van der Waals surface area contributed by atoms with Gasteiger partial charge in [-0.1, -0.05) is 0 Å².